The van der Waals surface area contributed by atoms with Crippen LogP contribution in [0.15, 0.2) is 24.3 Å². The molecule has 1 aromatic rings. The summed E-state index contributed by atoms with van der Waals surface area (Å²) in [6.07, 6.45) is 4.06. The summed E-state index contributed by atoms with van der Waals surface area (Å²) in [5.41, 5.74) is -0.274. The van der Waals surface area contributed by atoms with Crippen LogP contribution in [-0.2, 0) is 14.4 Å². The van der Waals surface area contributed by atoms with Crippen molar-refractivity contribution < 1.29 is 23.9 Å². The quantitative estimate of drug-likeness (QED) is 0.712. The lowest BCUT2D eigenvalue weighted by molar-refractivity contribution is -0.140. The first-order chi connectivity index (χ1) is 14.3. The SMILES string of the molecule is COc1cccc(NC(=O)CN(C)C(=O)CN2C(=O)N(C)C3(CCCCC3)C2=O)c1. The minimum absolute atomic E-state index is 0.201. The van der Waals surface area contributed by atoms with Gasteiger partial charge in [0.05, 0.1) is 13.7 Å². The van der Waals surface area contributed by atoms with Crippen molar-refractivity contribution in [1.29, 1.82) is 0 Å². The molecule has 1 N–H and O–H groups in total. The minimum atomic E-state index is -0.822. The first kappa shape index (κ1) is 21.6. The normalized spacial score (nSPS) is 18.0. The number of amides is 5. The summed E-state index contributed by atoms with van der Waals surface area (Å²) >= 11 is 0. The zero-order valence-corrected chi connectivity index (χ0v) is 17.6. The molecular formula is C21H28N4O5. The number of hydrogen-bond acceptors (Lipinski definition) is 5. The summed E-state index contributed by atoms with van der Waals surface area (Å²) in [5, 5.41) is 2.70. The molecule has 9 heteroatoms. The topological polar surface area (TPSA) is 99.3 Å². The Morgan fingerprint density at radius 3 is 2.57 bits per heavy atom. The van der Waals surface area contributed by atoms with Crippen LogP contribution in [0.3, 0.4) is 0 Å². The molecule has 30 heavy (non-hydrogen) atoms. The van der Waals surface area contributed by atoms with Crippen molar-refractivity contribution in [3.8, 4) is 5.75 Å². The smallest absolute Gasteiger partial charge is 0.327 e. The number of ether oxygens (including phenoxy) is 1. The highest BCUT2D eigenvalue weighted by Crippen LogP contribution is 2.39. The van der Waals surface area contributed by atoms with E-state index >= 15 is 0 Å². The maximum Gasteiger partial charge on any atom is 0.327 e. The van der Waals surface area contributed by atoms with E-state index in [-0.39, 0.29) is 24.9 Å². The van der Waals surface area contributed by atoms with Gasteiger partial charge in [0.1, 0.15) is 17.8 Å². The average Bonchev–Trinajstić information content (AvgIpc) is 2.90. The van der Waals surface area contributed by atoms with Gasteiger partial charge in [-0.1, -0.05) is 25.3 Å². The summed E-state index contributed by atoms with van der Waals surface area (Å²) in [6, 6.07) is 6.42. The Morgan fingerprint density at radius 2 is 1.90 bits per heavy atom. The number of carbonyl (C=O) groups is 4. The molecule has 1 aliphatic carbocycles. The predicted molar refractivity (Wildman–Crippen MR) is 110 cm³/mol. The van der Waals surface area contributed by atoms with Gasteiger partial charge in [0, 0.05) is 25.8 Å². The molecule has 9 nitrogen and oxygen atoms in total. The summed E-state index contributed by atoms with van der Waals surface area (Å²) in [4.78, 5) is 54.2. The maximum absolute atomic E-state index is 13.0. The van der Waals surface area contributed by atoms with Crippen molar-refractivity contribution in [2.45, 2.75) is 37.6 Å². The molecule has 0 radical (unpaired) electrons. The molecule has 1 aliphatic heterocycles. The van der Waals surface area contributed by atoms with E-state index in [9.17, 15) is 19.2 Å². The Labute approximate surface area is 175 Å². The second-order valence-electron chi connectivity index (χ2n) is 7.86. The average molecular weight is 416 g/mol. The Kier molecular flexibility index (Phi) is 6.28. The van der Waals surface area contributed by atoms with Crippen LogP contribution < -0.4 is 10.1 Å². The van der Waals surface area contributed by atoms with Crippen molar-refractivity contribution in [2.75, 3.05) is 39.6 Å². The standard InChI is InChI=1S/C21H28N4O5/c1-23(13-17(26)22-15-8-7-9-16(12-15)30-3)18(27)14-25-19(28)21(24(2)20(25)29)10-5-4-6-11-21/h7-9,12H,4-6,10-11,13-14H2,1-3H3,(H,22,26). The highest BCUT2D eigenvalue weighted by Gasteiger charge is 2.55. The summed E-state index contributed by atoms with van der Waals surface area (Å²) in [7, 11) is 4.63. The number of rotatable bonds is 6. The highest BCUT2D eigenvalue weighted by molar-refractivity contribution is 6.09. The monoisotopic (exact) mass is 416 g/mol. The van der Waals surface area contributed by atoms with E-state index in [0.29, 0.717) is 24.3 Å². The number of imide groups is 1. The number of benzene rings is 1. The van der Waals surface area contributed by atoms with E-state index in [1.54, 1.807) is 31.3 Å². The van der Waals surface area contributed by atoms with Crippen LogP contribution in [0, 0.1) is 0 Å². The number of urea groups is 1. The van der Waals surface area contributed by atoms with Crippen LogP contribution in [-0.4, -0.2) is 78.3 Å². The van der Waals surface area contributed by atoms with Gasteiger partial charge in [0.25, 0.3) is 5.91 Å². The molecule has 0 bridgehead atoms. The minimum Gasteiger partial charge on any atom is -0.497 e. The van der Waals surface area contributed by atoms with Crippen LogP contribution >= 0.6 is 0 Å². The van der Waals surface area contributed by atoms with Crippen LogP contribution in [0.2, 0.25) is 0 Å². The van der Waals surface area contributed by atoms with E-state index < -0.39 is 17.5 Å². The molecule has 0 atom stereocenters. The third-order valence-electron chi connectivity index (χ3n) is 5.94. The van der Waals surface area contributed by atoms with Crippen molar-refractivity contribution in [2.24, 2.45) is 0 Å². The van der Waals surface area contributed by atoms with Crippen LogP contribution in [0.4, 0.5) is 10.5 Å². The largest absolute Gasteiger partial charge is 0.497 e. The lowest BCUT2D eigenvalue weighted by Gasteiger charge is -2.35. The number of likely N-dealkylation sites (N-methyl/N-ethyl adjacent to an activating group) is 2. The van der Waals surface area contributed by atoms with Gasteiger partial charge in [-0.3, -0.25) is 19.3 Å². The van der Waals surface area contributed by atoms with Crippen LogP contribution in [0.25, 0.3) is 0 Å². The third-order valence-corrected chi connectivity index (χ3v) is 5.94. The lowest BCUT2D eigenvalue weighted by Crippen LogP contribution is -2.49. The summed E-state index contributed by atoms with van der Waals surface area (Å²) < 4.78 is 5.12. The molecule has 2 aliphatic rings. The fraction of sp³-hybridized carbons (Fsp3) is 0.524. The van der Waals surface area contributed by atoms with E-state index in [2.05, 4.69) is 5.32 Å². The highest BCUT2D eigenvalue weighted by atomic mass is 16.5. The van der Waals surface area contributed by atoms with Gasteiger partial charge < -0.3 is 19.9 Å². The van der Waals surface area contributed by atoms with Gasteiger partial charge in [-0.15, -0.1) is 0 Å². The molecule has 2 fully saturated rings. The third kappa shape index (κ3) is 4.10. The Balaban J connectivity index is 1.59. The van der Waals surface area contributed by atoms with Gasteiger partial charge >= 0.3 is 6.03 Å². The van der Waals surface area contributed by atoms with Crippen LogP contribution in [0.5, 0.6) is 5.75 Å². The van der Waals surface area contributed by atoms with Gasteiger partial charge in [-0.25, -0.2) is 4.79 Å². The molecule has 1 spiro atoms. The van der Waals surface area contributed by atoms with E-state index in [1.165, 1.54) is 24.0 Å². The van der Waals surface area contributed by atoms with Gasteiger partial charge in [-0.05, 0) is 25.0 Å². The number of carbonyl (C=O) groups excluding carboxylic acids is 4. The number of hydrogen-bond donors (Lipinski definition) is 1. The maximum atomic E-state index is 13.0. The van der Waals surface area contributed by atoms with Gasteiger partial charge in [0.15, 0.2) is 0 Å². The molecule has 0 unspecified atom stereocenters. The van der Waals surface area contributed by atoms with Crippen LogP contribution in [0.1, 0.15) is 32.1 Å². The zero-order valence-electron chi connectivity index (χ0n) is 17.6. The number of methoxy groups -OCH3 is 1. The summed E-state index contributed by atoms with van der Waals surface area (Å²) in [6.45, 7) is -0.570. The molecule has 3 rings (SSSR count). The van der Waals surface area contributed by atoms with Gasteiger partial charge in [0.2, 0.25) is 11.8 Å². The lowest BCUT2D eigenvalue weighted by atomic mass is 9.81. The Hall–Kier alpha value is -3.10. The molecule has 0 aromatic heterocycles. The Morgan fingerprint density at radius 1 is 1.20 bits per heavy atom. The number of nitrogens with one attached hydrogen (secondary N) is 1. The molecule has 1 aromatic carbocycles. The predicted octanol–water partition coefficient (Wildman–Crippen LogP) is 1.69. The molecular weight excluding hydrogens is 388 g/mol. The van der Waals surface area contributed by atoms with E-state index in [0.717, 1.165) is 24.2 Å². The van der Waals surface area contributed by atoms with Crippen molar-refractivity contribution in [1.82, 2.24) is 14.7 Å². The first-order valence-corrected chi connectivity index (χ1v) is 10.1. The fourth-order valence-electron chi connectivity index (χ4n) is 4.13. The second kappa shape index (κ2) is 8.73. The van der Waals surface area contributed by atoms with Crippen molar-refractivity contribution in [3.63, 3.8) is 0 Å². The number of anilines is 1. The second-order valence-corrected chi connectivity index (χ2v) is 7.86. The number of nitrogens with zero attached hydrogens (tertiary/aromatic N) is 3. The van der Waals surface area contributed by atoms with Gasteiger partial charge in [-0.2, -0.15) is 0 Å². The molecule has 1 saturated heterocycles. The van der Waals surface area contributed by atoms with E-state index in [4.69, 9.17) is 4.74 Å². The zero-order chi connectivity index (χ0) is 21.9. The Bertz CT molecular complexity index is 850. The first-order valence-electron chi connectivity index (χ1n) is 10.1. The van der Waals surface area contributed by atoms with Crippen molar-refractivity contribution in [3.05, 3.63) is 24.3 Å². The molecule has 5 amide bonds. The fourth-order valence-corrected chi connectivity index (χ4v) is 4.13. The molecule has 1 saturated carbocycles. The summed E-state index contributed by atoms with van der Waals surface area (Å²) in [5.74, 6) is -0.570. The van der Waals surface area contributed by atoms with E-state index in [1.807, 2.05) is 0 Å². The molecule has 1 heterocycles. The van der Waals surface area contributed by atoms with Crippen molar-refractivity contribution >= 4 is 29.4 Å². The molecule has 162 valence electrons.